The van der Waals surface area contributed by atoms with Gasteiger partial charge in [-0.15, -0.1) is 0 Å². The number of hydrogen-bond acceptors (Lipinski definition) is 6. The van der Waals surface area contributed by atoms with Gasteiger partial charge in [0.2, 0.25) is 0 Å². The average molecular weight is 393 g/mol. The summed E-state index contributed by atoms with van der Waals surface area (Å²) in [6, 6.07) is 5.37. The zero-order valence-electron chi connectivity index (χ0n) is 13.5. The van der Waals surface area contributed by atoms with Gasteiger partial charge in [-0.25, -0.2) is 4.79 Å². The lowest BCUT2D eigenvalue weighted by atomic mass is 10.1. The molecule has 26 heavy (non-hydrogen) atoms. The largest absolute Gasteiger partial charge is 0.490 e. The minimum Gasteiger partial charge on any atom is -0.490 e. The molecule has 0 aromatic heterocycles. The van der Waals surface area contributed by atoms with E-state index in [2.05, 4.69) is 6.58 Å². The van der Waals surface area contributed by atoms with Crippen molar-refractivity contribution in [2.75, 3.05) is 6.61 Å². The summed E-state index contributed by atoms with van der Waals surface area (Å²) in [5, 5.41) is 18.1. The number of carbonyl (C=O) groups is 3. The molecule has 9 heteroatoms. The molecule has 0 aliphatic carbocycles. The topological polar surface area (TPSA) is 104 Å². The second-order valence-corrected chi connectivity index (χ2v) is 6.85. The predicted molar refractivity (Wildman–Crippen MR) is 101 cm³/mol. The number of carboxylic acid groups (broad SMARTS) is 2. The SMILES string of the molecule is C=CCOc1ccc(/C=C2/SC(=S)N([C@H](CC(=O)O)C(=O)O)C2=O)cc1. The third-order valence-corrected chi connectivity index (χ3v) is 4.66. The average Bonchev–Trinajstić information content (AvgIpc) is 2.85. The molecule has 7 nitrogen and oxygen atoms in total. The first kappa shape index (κ1) is 19.7. The number of benzene rings is 1. The highest BCUT2D eigenvalue weighted by molar-refractivity contribution is 8.26. The second-order valence-electron chi connectivity index (χ2n) is 5.17. The monoisotopic (exact) mass is 393 g/mol. The number of rotatable bonds is 8. The molecular weight excluding hydrogens is 378 g/mol. The zero-order valence-corrected chi connectivity index (χ0v) is 15.1. The number of thioether (sulfide) groups is 1. The maximum Gasteiger partial charge on any atom is 0.327 e. The summed E-state index contributed by atoms with van der Waals surface area (Å²) in [5.74, 6) is -2.73. The first-order valence-electron chi connectivity index (χ1n) is 7.39. The van der Waals surface area contributed by atoms with E-state index in [-0.39, 0.29) is 9.23 Å². The van der Waals surface area contributed by atoms with E-state index in [0.29, 0.717) is 17.9 Å². The number of carboxylic acids is 2. The van der Waals surface area contributed by atoms with Crippen molar-refractivity contribution in [2.24, 2.45) is 0 Å². The lowest BCUT2D eigenvalue weighted by molar-refractivity contribution is -0.150. The van der Waals surface area contributed by atoms with Crippen LogP contribution in [0.4, 0.5) is 0 Å². The molecular formula is C17H15NO6S2. The molecule has 2 rings (SSSR count). The van der Waals surface area contributed by atoms with E-state index in [1.165, 1.54) is 0 Å². The third-order valence-electron chi connectivity index (χ3n) is 3.33. The molecule has 1 aliphatic heterocycles. The Kier molecular flexibility index (Phi) is 6.53. The van der Waals surface area contributed by atoms with E-state index in [1.807, 2.05) is 0 Å². The summed E-state index contributed by atoms with van der Waals surface area (Å²) in [4.78, 5) is 35.8. The van der Waals surface area contributed by atoms with Gasteiger partial charge in [0, 0.05) is 0 Å². The fraction of sp³-hybridized carbons (Fsp3) is 0.176. The van der Waals surface area contributed by atoms with E-state index in [9.17, 15) is 19.5 Å². The number of hydrogen-bond donors (Lipinski definition) is 2. The van der Waals surface area contributed by atoms with Gasteiger partial charge in [0.15, 0.2) is 0 Å². The highest BCUT2D eigenvalue weighted by Gasteiger charge is 2.41. The van der Waals surface area contributed by atoms with Crippen molar-refractivity contribution in [1.82, 2.24) is 4.90 Å². The maximum absolute atomic E-state index is 12.5. The van der Waals surface area contributed by atoms with Crippen molar-refractivity contribution in [1.29, 1.82) is 0 Å². The first-order valence-corrected chi connectivity index (χ1v) is 8.61. The van der Waals surface area contributed by atoms with Crippen LogP contribution in [0, 0.1) is 0 Å². The number of nitrogens with zero attached hydrogens (tertiary/aromatic N) is 1. The molecule has 1 atom stereocenters. The Labute approximate surface area is 158 Å². The number of aliphatic carboxylic acids is 2. The van der Waals surface area contributed by atoms with Crippen molar-refractivity contribution in [3.8, 4) is 5.75 Å². The van der Waals surface area contributed by atoms with E-state index in [4.69, 9.17) is 22.1 Å². The van der Waals surface area contributed by atoms with Gasteiger partial charge in [0.25, 0.3) is 5.91 Å². The van der Waals surface area contributed by atoms with Gasteiger partial charge in [-0.3, -0.25) is 14.5 Å². The van der Waals surface area contributed by atoms with Gasteiger partial charge in [-0.05, 0) is 23.8 Å². The molecule has 0 spiro atoms. The van der Waals surface area contributed by atoms with E-state index >= 15 is 0 Å². The van der Waals surface area contributed by atoms with E-state index < -0.39 is 30.3 Å². The van der Waals surface area contributed by atoms with Crippen molar-refractivity contribution in [3.63, 3.8) is 0 Å². The van der Waals surface area contributed by atoms with Crippen LogP contribution in [0.25, 0.3) is 6.08 Å². The molecule has 1 aromatic rings. The van der Waals surface area contributed by atoms with Crippen LogP contribution >= 0.6 is 24.0 Å². The smallest absolute Gasteiger partial charge is 0.327 e. The number of ether oxygens (including phenoxy) is 1. The first-order chi connectivity index (χ1) is 12.3. The van der Waals surface area contributed by atoms with Crippen molar-refractivity contribution < 1.29 is 29.3 Å². The standard InChI is InChI=1S/C17H15NO6S2/c1-2-7-24-11-5-3-10(4-6-11)8-13-15(21)18(17(25)26-13)12(16(22)23)9-14(19)20/h2-6,8,12H,1,7,9H2,(H,19,20)(H,22,23)/b13-8+/t12-/m1/s1. The molecule has 1 aliphatic rings. The Balaban J connectivity index is 2.21. The molecule has 0 bridgehead atoms. The van der Waals surface area contributed by atoms with Crippen LogP contribution < -0.4 is 4.74 Å². The molecule has 1 fully saturated rings. The van der Waals surface area contributed by atoms with Crippen LogP contribution in [0.5, 0.6) is 5.75 Å². The van der Waals surface area contributed by atoms with Crippen molar-refractivity contribution in [2.45, 2.75) is 12.5 Å². The van der Waals surface area contributed by atoms with E-state index in [1.54, 1.807) is 36.4 Å². The summed E-state index contributed by atoms with van der Waals surface area (Å²) >= 11 is 6.01. The van der Waals surface area contributed by atoms with Gasteiger partial charge < -0.3 is 14.9 Å². The minimum absolute atomic E-state index is 0.0147. The number of thiocarbonyl (C=S) groups is 1. The Bertz CT molecular complexity index is 787. The van der Waals surface area contributed by atoms with Crippen molar-refractivity contribution >= 4 is 52.2 Å². The predicted octanol–water partition coefficient (Wildman–Crippen LogP) is 2.38. The van der Waals surface area contributed by atoms with Gasteiger partial charge >= 0.3 is 11.9 Å². The highest BCUT2D eigenvalue weighted by Crippen LogP contribution is 2.34. The summed E-state index contributed by atoms with van der Waals surface area (Å²) in [7, 11) is 0. The van der Waals surface area contributed by atoms with Crippen molar-refractivity contribution in [3.05, 3.63) is 47.4 Å². The highest BCUT2D eigenvalue weighted by atomic mass is 32.2. The fourth-order valence-electron chi connectivity index (χ4n) is 2.17. The van der Waals surface area contributed by atoms with Crippen LogP contribution in [-0.4, -0.2) is 49.9 Å². The third kappa shape index (κ3) is 4.70. The minimum atomic E-state index is -1.54. The summed E-state index contributed by atoms with van der Waals surface area (Å²) in [5.41, 5.74) is 0.696. The Hall–Kier alpha value is -2.65. The van der Waals surface area contributed by atoms with Crippen LogP contribution in [0.3, 0.4) is 0 Å². The Morgan fingerprint density at radius 2 is 1.96 bits per heavy atom. The molecule has 0 saturated carbocycles. The molecule has 0 radical (unpaired) electrons. The van der Waals surface area contributed by atoms with E-state index in [0.717, 1.165) is 16.7 Å². The maximum atomic E-state index is 12.5. The second kappa shape index (κ2) is 8.63. The van der Waals surface area contributed by atoms with Crippen LogP contribution in [0.2, 0.25) is 0 Å². The summed E-state index contributed by atoms with van der Waals surface area (Å²) in [6.07, 6.45) is 2.45. The normalized spacial score (nSPS) is 16.6. The summed E-state index contributed by atoms with van der Waals surface area (Å²) < 4.78 is 5.38. The fourth-order valence-corrected chi connectivity index (χ4v) is 3.53. The molecule has 1 saturated heterocycles. The molecule has 0 unspecified atom stereocenters. The van der Waals surface area contributed by atoms with Gasteiger partial charge in [0.05, 0.1) is 11.3 Å². The molecule has 136 valence electrons. The van der Waals surface area contributed by atoms with Gasteiger partial charge in [-0.1, -0.05) is 48.8 Å². The Morgan fingerprint density at radius 1 is 1.31 bits per heavy atom. The number of amides is 1. The Morgan fingerprint density at radius 3 is 2.50 bits per heavy atom. The lowest BCUT2D eigenvalue weighted by Crippen LogP contribution is -2.45. The molecule has 2 N–H and O–H groups in total. The quantitative estimate of drug-likeness (QED) is 0.394. The van der Waals surface area contributed by atoms with Gasteiger partial charge in [-0.2, -0.15) is 0 Å². The number of carbonyl (C=O) groups excluding carboxylic acids is 1. The zero-order chi connectivity index (χ0) is 19.3. The van der Waals surface area contributed by atoms with Gasteiger partial charge in [0.1, 0.15) is 22.7 Å². The molecule has 1 aromatic carbocycles. The van der Waals surface area contributed by atoms with Crippen LogP contribution in [0.1, 0.15) is 12.0 Å². The van der Waals surface area contributed by atoms with Crippen LogP contribution in [0.15, 0.2) is 41.8 Å². The lowest BCUT2D eigenvalue weighted by Gasteiger charge is -2.21. The summed E-state index contributed by atoms with van der Waals surface area (Å²) in [6.45, 7) is 3.93. The molecule has 1 amide bonds. The molecule has 1 heterocycles. The van der Waals surface area contributed by atoms with Crippen LogP contribution in [-0.2, 0) is 14.4 Å².